The molecule has 0 aliphatic heterocycles. The van der Waals surface area contributed by atoms with Gasteiger partial charge in [-0.25, -0.2) is 4.79 Å². The Hall–Kier alpha value is -1.10. The van der Waals surface area contributed by atoms with Crippen molar-refractivity contribution in [3.8, 4) is 0 Å². The van der Waals surface area contributed by atoms with Gasteiger partial charge in [-0.1, -0.05) is 13.8 Å². The summed E-state index contributed by atoms with van der Waals surface area (Å²) in [5, 5.41) is 0. The SMILES string of the molecule is CC(C)CCOC(=O)C(C)n1cc(Br)ccc1=O. The minimum Gasteiger partial charge on any atom is -0.464 e. The van der Waals surface area contributed by atoms with Gasteiger partial charge in [-0.05, 0) is 41.3 Å². The van der Waals surface area contributed by atoms with Gasteiger partial charge >= 0.3 is 5.97 Å². The Kier molecular flexibility index (Phi) is 5.59. The predicted molar refractivity (Wildman–Crippen MR) is 73.5 cm³/mol. The molecule has 0 aliphatic rings. The molecule has 100 valence electrons. The van der Waals surface area contributed by atoms with Crippen LogP contribution in [0.2, 0.25) is 0 Å². The van der Waals surface area contributed by atoms with Gasteiger partial charge in [0.05, 0.1) is 6.61 Å². The lowest BCUT2D eigenvalue weighted by atomic mass is 10.1. The van der Waals surface area contributed by atoms with Crippen molar-refractivity contribution in [1.82, 2.24) is 4.57 Å². The number of rotatable bonds is 5. The van der Waals surface area contributed by atoms with Gasteiger partial charge in [0.1, 0.15) is 6.04 Å². The molecule has 0 aromatic carbocycles. The number of hydrogen-bond acceptors (Lipinski definition) is 3. The molecule has 1 atom stereocenters. The Morgan fingerprint density at radius 1 is 1.39 bits per heavy atom. The molecular formula is C13H18BrNO3. The van der Waals surface area contributed by atoms with Crippen LogP contribution in [-0.2, 0) is 9.53 Å². The van der Waals surface area contributed by atoms with Gasteiger partial charge in [0.15, 0.2) is 0 Å². The largest absolute Gasteiger partial charge is 0.464 e. The highest BCUT2D eigenvalue weighted by Gasteiger charge is 2.17. The molecule has 1 aromatic heterocycles. The van der Waals surface area contributed by atoms with E-state index >= 15 is 0 Å². The third-order valence-electron chi connectivity index (χ3n) is 2.60. The standard InChI is InChI=1S/C13H18BrNO3/c1-9(2)6-7-18-13(17)10(3)15-8-11(14)4-5-12(15)16/h4-5,8-10H,6-7H2,1-3H3. The molecule has 0 N–H and O–H groups in total. The fraction of sp³-hybridized carbons (Fsp3) is 0.538. The van der Waals surface area contributed by atoms with Crippen molar-refractivity contribution < 1.29 is 9.53 Å². The molecule has 0 saturated carbocycles. The lowest BCUT2D eigenvalue weighted by Gasteiger charge is -2.15. The first-order valence-corrected chi connectivity index (χ1v) is 6.75. The number of carbonyl (C=O) groups excluding carboxylic acids is 1. The first-order chi connectivity index (χ1) is 8.41. The van der Waals surface area contributed by atoms with Crippen LogP contribution >= 0.6 is 15.9 Å². The summed E-state index contributed by atoms with van der Waals surface area (Å²) in [5.41, 5.74) is -0.216. The lowest BCUT2D eigenvalue weighted by Crippen LogP contribution is -2.28. The first-order valence-electron chi connectivity index (χ1n) is 5.96. The number of nitrogens with zero attached hydrogens (tertiary/aromatic N) is 1. The Bertz CT molecular complexity index is 468. The Balaban J connectivity index is 2.68. The van der Waals surface area contributed by atoms with Crippen molar-refractivity contribution in [3.05, 3.63) is 33.2 Å². The van der Waals surface area contributed by atoms with Crippen LogP contribution in [0.15, 0.2) is 27.6 Å². The van der Waals surface area contributed by atoms with E-state index < -0.39 is 6.04 Å². The molecule has 1 heterocycles. The summed E-state index contributed by atoms with van der Waals surface area (Å²) < 4.78 is 7.27. The second-order valence-electron chi connectivity index (χ2n) is 4.62. The molecule has 0 radical (unpaired) electrons. The zero-order valence-corrected chi connectivity index (χ0v) is 12.4. The average Bonchev–Trinajstić information content (AvgIpc) is 2.30. The Labute approximate surface area is 115 Å². The molecule has 5 heteroatoms. The molecule has 0 bridgehead atoms. The summed E-state index contributed by atoms with van der Waals surface area (Å²) in [6, 6.07) is 2.46. The molecule has 0 aliphatic carbocycles. The van der Waals surface area contributed by atoms with Gasteiger partial charge in [-0.3, -0.25) is 4.79 Å². The van der Waals surface area contributed by atoms with Crippen LogP contribution in [0.4, 0.5) is 0 Å². The van der Waals surface area contributed by atoms with E-state index in [-0.39, 0.29) is 11.5 Å². The minimum atomic E-state index is -0.609. The molecule has 1 rings (SSSR count). The quantitative estimate of drug-likeness (QED) is 0.785. The first kappa shape index (κ1) is 15.0. The fourth-order valence-corrected chi connectivity index (χ4v) is 1.76. The number of aromatic nitrogens is 1. The van der Waals surface area contributed by atoms with Crippen molar-refractivity contribution in [2.75, 3.05) is 6.61 Å². The number of pyridine rings is 1. The number of hydrogen-bond donors (Lipinski definition) is 0. The van der Waals surface area contributed by atoms with Gasteiger partial charge in [-0.15, -0.1) is 0 Å². The van der Waals surface area contributed by atoms with Crippen molar-refractivity contribution in [2.24, 2.45) is 5.92 Å². The van der Waals surface area contributed by atoms with Gasteiger partial charge < -0.3 is 9.30 Å². The summed E-state index contributed by atoms with van der Waals surface area (Å²) in [5.74, 6) is 0.109. The van der Waals surface area contributed by atoms with E-state index in [1.165, 1.54) is 10.6 Å². The molecule has 0 fully saturated rings. The third kappa shape index (κ3) is 4.29. The van der Waals surface area contributed by atoms with E-state index in [0.717, 1.165) is 10.9 Å². The second kappa shape index (κ2) is 6.73. The van der Waals surface area contributed by atoms with E-state index in [0.29, 0.717) is 12.5 Å². The number of esters is 1. The zero-order chi connectivity index (χ0) is 13.7. The van der Waals surface area contributed by atoms with Crippen LogP contribution in [0.5, 0.6) is 0 Å². The van der Waals surface area contributed by atoms with Gasteiger partial charge in [-0.2, -0.15) is 0 Å². The molecule has 4 nitrogen and oxygen atoms in total. The van der Waals surface area contributed by atoms with Crippen LogP contribution in [0.3, 0.4) is 0 Å². The van der Waals surface area contributed by atoms with Gasteiger partial charge in [0.2, 0.25) is 0 Å². The van der Waals surface area contributed by atoms with E-state index in [1.807, 2.05) is 0 Å². The van der Waals surface area contributed by atoms with E-state index in [9.17, 15) is 9.59 Å². The minimum absolute atomic E-state index is 0.216. The number of carbonyl (C=O) groups is 1. The average molecular weight is 316 g/mol. The van der Waals surface area contributed by atoms with Crippen molar-refractivity contribution in [1.29, 1.82) is 0 Å². The summed E-state index contributed by atoms with van der Waals surface area (Å²) in [7, 11) is 0. The van der Waals surface area contributed by atoms with Crippen LogP contribution < -0.4 is 5.56 Å². The van der Waals surface area contributed by atoms with Crippen LogP contribution in [0, 0.1) is 5.92 Å². The molecule has 0 saturated heterocycles. The lowest BCUT2D eigenvalue weighted by molar-refractivity contribution is -0.147. The predicted octanol–water partition coefficient (Wildman–Crippen LogP) is 2.76. The highest BCUT2D eigenvalue weighted by Crippen LogP contribution is 2.11. The summed E-state index contributed by atoms with van der Waals surface area (Å²) in [4.78, 5) is 23.4. The maximum atomic E-state index is 11.8. The van der Waals surface area contributed by atoms with Crippen molar-refractivity contribution >= 4 is 21.9 Å². The Morgan fingerprint density at radius 2 is 2.06 bits per heavy atom. The Morgan fingerprint density at radius 3 is 2.67 bits per heavy atom. The van der Waals surface area contributed by atoms with Crippen molar-refractivity contribution in [2.45, 2.75) is 33.2 Å². The highest BCUT2D eigenvalue weighted by molar-refractivity contribution is 9.10. The second-order valence-corrected chi connectivity index (χ2v) is 5.53. The molecular weight excluding hydrogens is 298 g/mol. The van der Waals surface area contributed by atoms with Crippen LogP contribution in [0.1, 0.15) is 33.2 Å². The fourth-order valence-electron chi connectivity index (χ4n) is 1.41. The molecule has 18 heavy (non-hydrogen) atoms. The monoisotopic (exact) mass is 315 g/mol. The molecule has 0 amide bonds. The van der Waals surface area contributed by atoms with Crippen LogP contribution in [0.25, 0.3) is 0 Å². The van der Waals surface area contributed by atoms with Crippen LogP contribution in [-0.4, -0.2) is 17.1 Å². The summed E-state index contributed by atoms with van der Waals surface area (Å²) in [6.07, 6.45) is 2.42. The van der Waals surface area contributed by atoms with Gasteiger partial charge in [0, 0.05) is 16.7 Å². The van der Waals surface area contributed by atoms with E-state index in [2.05, 4.69) is 29.8 Å². The summed E-state index contributed by atoms with van der Waals surface area (Å²) in [6.45, 7) is 6.18. The third-order valence-corrected chi connectivity index (χ3v) is 3.07. The van der Waals surface area contributed by atoms with E-state index in [4.69, 9.17) is 4.74 Å². The smallest absolute Gasteiger partial charge is 0.328 e. The zero-order valence-electron chi connectivity index (χ0n) is 10.9. The van der Waals surface area contributed by atoms with E-state index in [1.54, 1.807) is 19.2 Å². The molecule has 1 aromatic rings. The maximum Gasteiger partial charge on any atom is 0.328 e. The van der Waals surface area contributed by atoms with Crippen molar-refractivity contribution in [3.63, 3.8) is 0 Å². The molecule has 0 spiro atoms. The number of halogens is 1. The normalized spacial score (nSPS) is 12.5. The number of ether oxygens (including phenoxy) is 1. The summed E-state index contributed by atoms with van der Waals surface area (Å²) >= 11 is 3.27. The van der Waals surface area contributed by atoms with Gasteiger partial charge in [0.25, 0.3) is 5.56 Å². The maximum absolute atomic E-state index is 11.8. The highest BCUT2D eigenvalue weighted by atomic mass is 79.9. The topological polar surface area (TPSA) is 48.3 Å². The molecule has 1 unspecified atom stereocenters.